The van der Waals surface area contributed by atoms with Crippen LogP contribution in [0, 0.1) is 20.8 Å². The molecule has 1 aliphatic heterocycles. The van der Waals surface area contributed by atoms with Crippen LogP contribution in [0.4, 0.5) is 0 Å². The fraction of sp³-hybridized carbons (Fsp3) is 0.350. The molecular formula is C20H23N5O. The largest absolute Gasteiger partial charge is 0.310 e. The van der Waals surface area contributed by atoms with Crippen LogP contribution in [0.2, 0.25) is 0 Å². The van der Waals surface area contributed by atoms with Crippen LogP contribution >= 0.6 is 0 Å². The molecule has 6 nitrogen and oxygen atoms in total. The number of para-hydroxylation sites is 1. The molecule has 0 saturated carbocycles. The van der Waals surface area contributed by atoms with Crippen molar-refractivity contribution < 1.29 is 0 Å². The molecular weight excluding hydrogens is 326 g/mol. The first-order chi connectivity index (χ1) is 12.5. The second-order valence-corrected chi connectivity index (χ2v) is 6.93. The first-order valence-corrected chi connectivity index (χ1v) is 8.94. The van der Waals surface area contributed by atoms with Crippen molar-refractivity contribution in [2.75, 3.05) is 6.54 Å². The van der Waals surface area contributed by atoms with Gasteiger partial charge in [0.2, 0.25) is 0 Å². The van der Waals surface area contributed by atoms with E-state index in [-0.39, 0.29) is 5.56 Å². The predicted molar refractivity (Wildman–Crippen MR) is 100 cm³/mol. The van der Waals surface area contributed by atoms with E-state index in [1.807, 2.05) is 29.8 Å². The molecule has 1 aliphatic rings. The van der Waals surface area contributed by atoms with Gasteiger partial charge in [0.1, 0.15) is 5.82 Å². The van der Waals surface area contributed by atoms with Crippen LogP contribution in [0.1, 0.15) is 34.0 Å². The van der Waals surface area contributed by atoms with Crippen molar-refractivity contribution in [1.29, 1.82) is 0 Å². The molecule has 26 heavy (non-hydrogen) atoms. The molecule has 0 fully saturated rings. The summed E-state index contributed by atoms with van der Waals surface area (Å²) in [7, 11) is 0. The third-order valence-electron chi connectivity index (χ3n) is 5.09. The zero-order valence-corrected chi connectivity index (χ0v) is 15.4. The molecule has 0 atom stereocenters. The molecule has 1 N–H and O–H groups in total. The van der Waals surface area contributed by atoms with E-state index < -0.39 is 0 Å². The van der Waals surface area contributed by atoms with Crippen molar-refractivity contribution in [1.82, 2.24) is 24.6 Å². The van der Waals surface area contributed by atoms with Crippen molar-refractivity contribution >= 4 is 0 Å². The number of aromatic nitrogens is 4. The highest BCUT2D eigenvalue weighted by molar-refractivity contribution is 5.37. The predicted octanol–water partition coefficient (Wildman–Crippen LogP) is 2.44. The Labute approximate surface area is 152 Å². The minimum absolute atomic E-state index is 0.00868. The van der Waals surface area contributed by atoms with Gasteiger partial charge >= 0.3 is 0 Å². The molecule has 0 bridgehead atoms. The third kappa shape index (κ3) is 2.97. The summed E-state index contributed by atoms with van der Waals surface area (Å²) in [4.78, 5) is 21.9. The summed E-state index contributed by atoms with van der Waals surface area (Å²) in [5.41, 5.74) is 6.21. The van der Waals surface area contributed by atoms with Crippen molar-refractivity contribution in [3.05, 3.63) is 74.7 Å². The van der Waals surface area contributed by atoms with Crippen molar-refractivity contribution in [2.24, 2.45) is 0 Å². The molecule has 6 heteroatoms. The normalized spacial score (nSPS) is 14.4. The van der Waals surface area contributed by atoms with E-state index in [0.29, 0.717) is 12.4 Å². The average Bonchev–Trinajstić information content (AvgIpc) is 2.91. The van der Waals surface area contributed by atoms with E-state index in [4.69, 9.17) is 5.10 Å². The molecule has 3 heterocycles. The van der Waals surface area contributed by atoms with E-state index in [9.17, 15) is 4.79 Å². The van der Waals surface area contributed by atoms with Crippen molar-refractivity contribution in [3.8, 4) is 5.69 Å². The molecule has 0 spiro atoms. The molecule has 0 unspecified atom stereocenters. The minimum atomic E-state index is -0.00868. The topological polar surface area (TPSA) is 66.8 Å². The van der Waals surface area contributed by atoms with Crippen LogP contribution in [0.3, 0.4) is 0 Å². The van der Waals surface area contributed by atoms with E-state index in [1.165, 1.54) is 5.56 Å². The molecule has 2 aromatic heterocycles. The zero-order valence-electron chi connectivity index (χ0n) is 15.4. The number of aromatic amines is 1. The van der Waals surface area contributed by atoms with Crippen LogP contribution in [0.25, 0.3) is 5.69 Å². The van der Waals surface area contributed by atoms with Crippen molar-refractivity contribution in [3.63, 3.8) is 0 Å². The lowest BCUT2D eigenvalue weighted by Crippen LogP contribution is -2.35. The van der Waals surface area contributed by atoms with Gasteiger partial charge in [-0.2, -0.15) is 5.10 Å². The smallest absolute Gasteiger partial charge is 0.255 e. The van der Waals surface area contributed by atoms with Gasteiger partial charge in [0.25, 0.3) is 5.56 Å². The fourth-order valence-corrected chi connectivity index (χ4v) is 3.69. The van der Waals surface area contributed by atoms with E-state index in [2.05, 4.69) is 40.8 Å². The number of nitrogens with one attached hydrogen (secondary N) is 1. The lowest BCUT2D eigenvalue weighted by atomic mass is 10.1. The second kappa shape index (κ2) is 6.53. The summed E-state index contributed by atoms with van der Waals surface area (Å²) >= 11 is 0. The van der Waals surface area contributed by atoms with Gasteiger partial charge in [0.05, 0.1) is 22.6 Å². The highest BCUT2D eigenvalue weighted by Gasteiger charge is 2.23. The van der Waals surface area contributed by atoms with E-state index in [1.54, 1.807) is 0 Å². The molecule has 0 amide bonds. The van der Waals surface area contributed by atoms with Gasteiger partial charge in [-0.05, 0) is 32.9 Å². The summed E-state index contributed by atoms with van der Waals surface area (Å²) in [6.07, 6.45) is 0.811. The number of rotatable bonds is 3. The van der Waals surface area contributed by atoms with Crippen LogP contribution in [0.5, 0.6) is 0 Å². The Hall–Kier alpha value is -2.73. The molecule has 1 aromatic carbocycles. The van der Waals surface area contributed by atoms with E-state index >= 15 is 0 Å². The van der Waals surface area contributed by atoms with Gasteiger partial charge in [-0.3, -0.25) is 9.69 Å². The number of fused-ring (bicyclic) bond motifs is 1. The summed E-state index contributed by atoms with van der Waals surface area (Å²) in [6, 6.07) is 10.2. The highest BCUT2D eigenvalue weighted by atomic mass is 16.1. The maximum absolute atomic E-state index is 12.3. The molecule has 134 valence electrons. The Morgan fingerprint density at radius 2 is 1.92 bits per heavy atom. The average molecular weight is 349 g/mol. The Kier molecular flexibility index (Phi) is 4.20. The Morgan fingerprint density at radius 1 is 1.15 bits per heavy atom. The lowest BCUT2D eigenvalue weighted by molar-refractivity contribution is 0.240. The SMILES string of the molecule is Cc1nc2c(c(=O)[nH]1)CN(Cc1c(C)nn(-c3ccccc3)c1C)CC2. The molecule has 0 saturated heterocycles. The Morgan fingerprint density at radius 3 is 2.69 bits per heavy atom. The second-order valence-electron chi connectivity index (χ2n) is 6.93. The van der Waals surface area contributed by atoms with Gasteiger partial charge in [-0.1, -0.05) is 18.2 Å². The lowest BCUT2D eigenvalue weighted by Gasteiger charge is -2.27. The summed E-state index contributed by atoms with van der Waals surface area (Å²) in [5.74, 6) is 0.693. The van der Waals surface area contributed by atoms with Gasteiger partial charge in [0, 0.05) is 37.3 Å². The van der Waals surface area contributed by atoms with Crippen LogP contribution in [0.15, 0.2) is 35.1 Å². The minimum Gasteiger partial charge on any atom is -0.310 e. The maximum atomic E-state index is 12.3. The first kappa shape index (κ1) is 16.7. The number of hydrogen-bond acceptors (Lipinski definition) is 4. The number of hydrogen-bond donors (Lipinski definition) is 1. The first-order valence-electron chi connectivity index (χ1n) is 8.94. The summed E-state index contributed by atoms with van der Waals surface area (Å²) in [5, 5.41) is 4.73. The number of benzene rings is 1. The maximum Gasteiger partial charge on any atom is 0.255 e. The van der Waals surface area contributed by atoms with Gasteiger partial charge < -0.3 is 4.98 Å². The van der Waals surface area contributed by atoms with Gasteiger partial charge in [0.15, 0.2) is 0 Å². The third-order valence-corrected chi connectivity index (χ3v) is 5.09. The molecule has 4 rings (SSSR count). The highest BCUT2D eigenvalue weighted by Crippen LogP contribution is 2.22. The van der Waals surface area contributed by atoms with Gasteiger partial charge in [-0.25, -0.2) is 9.67 Å². The van der Waals surface area contributed by atoms with Crippen molar-refractivity contribution in [2.45, 2.75) is 40.3 Å². The summed E-state index contributed by atoms with van der Waals surface area (Å²) < 4.78 is 2.00. The van der Waals surface area contributed by atoms with E-state index in [0.717, 1.165) is 47.8 Å². The summed E-state index contributed by atoms with van der Waals surface area (Å²) in [6.45, 7) is 8.32. The number of H-pyrrole nitrogens is 1. The Balaban J connectivity index is 1.61. The Bertz CT molecular complexity index is 1000. The van der Waals surface area contributed by atoms with Crippen LogP contribution < -0.4 is 5.56 Å². The van der Waals surface area contributed by atoms with Gasteiger partial charge in [-0.15, -0.1) is 0 Å². The fourth-order valence-electron chi connectivity index (χ4n) is 3.69. The molecule has 0 radical (unpaired) electrons. The van der Waals surface area contributed by atoms with Crippen LogP contribution in [-0.4, -0.2) is 31.2 Å². The standard InChI is InChI=1S/C20H23N5O/c1-13-17(14(2)25(23-13)16-7-5-4-6-8-16)11-24-10-9-19-18(12-24)20(26)22-15(3)21-19/h4-8H,9-12H2,1-3H3,(H,21,22,26). The van der Waals surface area contributed by atoms with Crippen LogP contribution in [-0.2, 0) is 19.5 Å². The monoisotopic (exact) mass is 349 g/mol. The number of aryl methyl sites for hydroxylation is 2. The number of nitrogens with zero attached hydrogens (tertiary/aromatic N) is 4. The molecule has 3 aromatic rings. The quantitative estimate of drug-likeness (QED) is 0.789. The zero-order chi connectivity index (χ0) is 18.3. The molecule has 0 aliphatic carbocycles.